The van der Waals surface area contributed by atoms with Crippen molar-refractivity contribution in [2.24, 2.45) is 0 Å². The fraction of sp³-hybridized carbons (Fsp3) is 0.278. The van der Waals surface area contributed by atoms with Gasteiger partial charge in [-0.25, -0.2) is 16.8 Å². The summed E-state index contributed by atoms with van der Waals surface area (Å²) in [4.78, 5) is 2.06. The Morgan fingerprint density at radius 2 is 1.44 bits per heavy atom. The second kappa shape index (κ2) is 7.36. The molecule has 0 atom stereocenters. The van der Waals surface area contributed by atoms with Gasteiger partial charge in [-0.15, -0.1) is 4.79 Å². The lowest BCUT2D eigenvalue weighted by Crippen LogP contribution is -2.28. The van der Waals surface area contributed by atoms with E-state index in [2.05, 4.69) is 4.79 Å². The van der Waals surface area contributed by atoms with Crippen molar-refractivity contribution >= 4 is 24.1 Å². The number of benzene rings is 2. The number of aliphatic hydroxyl groups excluding tert-OH is 1. The number of sulfone groups is 2. The Kier molecular flexibility index (Phi) is 5.72. The molecule has 0 spiro atoms. The topological polar surface area (TPSA) is 125 Å². The fourth-order valence-electron chi connectivity index (χ4n) is 3.19. The molecule has 0 saturated heterocycles. The first-order valence-electron chi connectivity index (χ1n) is 7.98. The van der Waals surface area contributed by atoms with E-state index in [0.717, 1.165) is 0 Å². The van der Waals surface area contributed by atoms with Gasteiger partial charge in [0.25, 0.3) is 19.7 Å². The first kappa shape index (κ1) is 21.0. The maximum absolute atomic E-state index is 13.1. The van der Waals surface area contributed by atoms with Crippen molar-refractivity contribution in [3.63, 3.8) is 0 Å². The van der Waals surface area contributed by atoms with Crippen molar-refractivity contribution < 1.29 is 26.7 Å². The molecule has 0 saturated carbocycles. The van der Waals surface area contributed by atoms with E-state index < -0.39 is 30.7 Å². The van der Waals surface area contributed by atoms with Crippen LogP contribution in [0.25, 0.3) is 5.53 Å². The Balaban J connectivity index is 2.85. The van der Waals surface area contributed by atoms with E-state index in [9.17, 15) is 27.5 Å². The summed E-state index contributed by atoms with van der Waals surface area (Å²) in [6.07, 6.45) is 0. The molecular weight excluding hydrogens is 388 g/mol. The standard InChI is InChI=1S/C18H20N2O5S2/c1-11-8-14(4)17(15(9-11)10-21)27(24,25)18(20-19)26(22,23)16-12(2)6-5-7-13(16)3/h5-9,21H,10H2,1-4H3. The van der Waals surface area contributed by atoms with Crippen LogP contribution < -0.4 is 0 Å². The first-order valence-corrected chi connectivity index (χ1v) is 10.9. The Morgan fingerprint density at radius 1 is 0.926 bits per heavy atom. The highest BCUT2D eigenvalue weighted by Gasteiger charge is 2.46. The van der Waals surface area contributed by atoms with Crippen LogP contribution in [0.5, 0.6) is 0 Å². The lowest BCUT2D eigenvalue weighted by molar-refractivity contribution is 0.00378. The molecule has 0 aliphatic carbocycles. The molecule has 0 radical (unpaired) electrons. The minimum absolute atomic E-state index is 0.0327. The average Bonchev–Trinajstić information content (AvgIpc) is 2.53. The molecule has 0 aromatic heterocycles. The van der Waals surface area contributed by atoms with Crippen molar-refractivity contribution in [3.8, 4) is 0 Å². The van der Waals surface area contributed by atoms with Crippen LogP contribution in [0, 0.1) is 27.7 Å². The Morgan fingerprint density at radius 3 is 1.93 bits per heavy atom. The molecule has 144 valence electrons. The molecule has 9 heteroatoms. The monoisotopic (exact) mass is 408 g/mol. The van der Waals surface area contributed by atoms with Gasteiger partial charge < -0.3 is 10.6 Å². The molecule has 27 heavy (non-hydrogen) atoms. The van der Waals surface area contributed by atoms with Gasteiger partial charge in [0, 0.05) is 0 Å². The number of hydrogen-bond donors (Lipinski definition) is 1. The van der Waals surface area contributed by atoms with Gasteiger partial charge in [-0.05, 0) is 49.9 Å². The predicted octanol–water partition coefficient (Wildman–Crippen LogP) is 2.25. The van der Waals surface area contributed by atoms with Crippen LogP contribution in [0.2, 0.25) is 0 Å². The van der Waals surface area contributed by atoms with Gasteiger partial charge in [-0.1, -0.05) is 35.9 Å². The van der Waals surface area contributed by atoms with Gasteiger partial charge in [0.2, 0.25) is 0 Å². The fourth-order valence-corrected chi connectivity index (χ4v) is 7.35. The first-order chi connectivity index (χ1) is 12.5. The van der Waals surface area contributed by atoms with Crippen molar-refractivity contribution in [2.75, 3.05) is 0 Å². The molecule has 2 aromatic carbocycles. The van der Waals surface area contributed by atoms with Gasteiger partial charge in [0.1, 0.15) is 0 Å². The zero-order valence-corrected chi connectivity index (χ0v) is 17.0. The molecule has 0 aliphatic rings. The summed E-state index contributed by atoms with van der Waals surface area (Å²) in [5.74, 6) is 0. The van der Waals surface area contributed by atoms with E-state index in [1.807, 2.05) is 0 Å². The van der Waals surface area contributed by atoms with Crippen LogP contribution in [0.4, 0.5) is 0 Å². The molecule has 2 rings (SSSR count). The molecule has 0 amide bonds. The SMILES string of the molecule is Cc1cc(C)c(S(=O)(=O)C(=[N+]=[N-])S(=O)(=O)c2c(C)cccc2C)c(CO)c1. The van der Waals surface area contributed by atoms with Crippen LogP contribution in [0.15, 0.2) is 40.1 Å². The lowest BCUT2D eigenvalue weighted by atomic mass is 10.1. The van der Waals surface area contributed by atoms with Gasteiger partial charge in [0.15, 0.2) is 0 Å². The summed E-state index contributed by atoms with van der Waals surface area (Å²) in [5.41, 5.74) is 11.0. The summed E-state index contributed by atoms with van der Waals surface area (Å²) >= 11 is 0. The van der Waals surface area contributed by atoms with Crippen molar-refractivity contribution in [3.05, 3.63) is 63.7 Å². The Bertz CT molecular complexity index is 1160. The molecule has 1 N–H and O–H groups in total. The summed E-state index contributed by atoms with van der Waals surface area (Å²) < 4.78 is 51.0. The van der Waals surface area contributed by atoms with Crippen LogP contribution in [-0.4, -0.2) is 31.1 Å². The quantitative estimate of drug-likeness (QED) is 0.361. The van der Waals surface area contributed by atoms with E-state index in [-0.39, 0.29) is 20.9 Å². The third-order valence-corrected chi connectivity index (χ3v) is 8.86. The molecule has 0 bridgehead atoms. The van der Waals surface area contributed by atoms with Gasteiger partial charge in [0.05, 0.1) is 16.4 Å². The number of aryl methyl sites for hydroxylation is 4. The van der Waals surface area contributed by atoms with E-state index in [4.69, 9.17) is 0 Å². The molecule has 0 fully saturated rings. The van der Waals surface area contributed by atoms with Crippen LogP contribution in [-0.2, 0) is 26.3 Å². The van der Waals surface area contributed by atoms with Gasteiger partial charge in [-0.2, -0.15) is 0 Å². The number of nitrogens with zero attached hydrogens (tertiary/aromatic N) is 2. The van der Waals surface area contributed by atoms with E-state index in [0.29, 0.717) is 16.7 Å². The maximum Gasteiger partial charge on any atom is 0.504 e. The predicted molar refractivity (Wildman–Crippen MR) is 101 cm³/mol. The van der Waals surface area contributed by atoms with Gasteiger partial charge >= 0.3 is 4.38 Å². The molecule has 2 aromatic rings. The molecule has 7 nitrogen and oxygen atoms in total. The highest BCUT2D eigenvalue weighted by atomic mass is 32.3. The Labute approximate surface area is 158 Å². The highest BCUT2D eigenvalue weighted by molar-refractivity contribution is 8.31. The number of hydrogen-bond acceptors (Lipinski definition) is 5. The van der Waals surface area contributed by atoms with E-state index >= 15 is 0 Å². The normalized spacial score (nSPS) is 11.9. The Hall–Kier alpha value is -2.32. The van der Waals surface area contributed by atoms with Crippen LogP contribution >= 0.6 is 0 Å². The summed E-state index contributed by atoms with van der Waals surface area (Å²) in [7, 11) is -9.37. The van der Waals surface area contributed by atoms with Gasteiger partial charge in [-0.3, -0.25) is 0 Å². The second-order valence-corrected chi connectivity index (χ2v) is 10.2. The summed E-state index contributed by atoms with van der Waals surface area (Å²) in [6.45, 7) is 5.64. The third-order valence-electron chi connectivity index (χ3n) is 4.15. The van der Waals surface area contributed by atoms with Crippen molar-refractivity contribution in [2.45, 2.75) is 44.1 Å². The number of aliphatic hydroxyl groups is 1. The average molecular weight is 409 g/mol. The minimum Gasteiger partial charge on any atom is -0.392 e. The minimum atomic E-state index is -4.73. The third kappa shape index (κ3) is 3.59. The molecular formula is C18H20N2O5S2. The second-order valence-electron chi connectivity index (χ2n) is 6.32. The van der Waals surface area contributed by atoms with E-state index in [1.165, 1.54) is 39.0 Å². The van der Waals surface area contributed by atoms with Crippen molar-refractivity contribution in [1.29, 1.82) is 0 Å². The molecule has 0 aliphatic heterocycles. The zero-order chi connectivity index (χ0) is 20.6. The zero-order valence-electron chi connectivity index (χ0n) is 15.4. The lowest BCUT2D eigenvalue weighted by Gasteiger charge is -2.12. The summed E-state index contributed by atoms with van der Waals surface area (Å²) in [6, 6.07) is 7.69. The van der Waals surface area contributed by atoms with E-state index in [1.54, 1.807) is 19.1 Å². The molecule has 0 heterocycles. The smallest absolute Gasteiger partial charge is 0.392 e. The summed E-state index contributed by atoms with van der Waals surface area (Å²) in [5, 5.41) is 9.58. The number of rotatable bonds is 3. The van der Waals surface area contributed by atoms with Crippen LogP contribution in [0.1, 0.15) is 27.8 Å². The highest BCUT2D eigenvalue weighted by Crippen LogP contribution is 2.29. The maximum atomic E-state index is 13.1. The van der Waals surface area contributed by atoms with Crippen LogP contribution in [0.3, 0.4) is 0 Å². The van der Waals surface area contributed by atoms with Crippen molar-refractivity contribution in [1.82, 2.24) is 0 Å². The molecule has 0 unspecified atom stereocenters. The largest absolute Gasteiger partial charge is 0.504 e.